The third kappa shape index (κ3) is 4.10. The molecule has 3 heterocycles. The molecule has 0 radical (unpaired) electrons. The smallest absolute Gasteiger partial charge is 0.227 e. The number of para-hydroxylation sites is 1. The van der Waals surface area contributed by atoms with Crippen molar-refractivity contribution in [3.05, 3.63) is 48.2 Å². The first-order chi connectivity index (χ1) is 13.2. The van der Waals surface area contributed by atoms with Gasteiger partial charge < -0.3 is 15.5 Å². The summed E-state index contributed by atoms with van der Waals surface area (Å²) in [5.41, 5.74) is 2.71. The van der Waals surface area contributed by atoms with Gasteiger partial charge in [0.25, 0.3) is 0 Å². The summed E-state index contributed by atoms with van der Waals surface area (Å²) in [5, 5.41) is 5.81. The Morgan fingerprint density at radius 2 is 2.00 bits per heavy atom. The van der Waals surface area contributed by atoms with E-state index in [-0.39, 0.29) is 17.7 Å². The highest BCUT2D eigenvalue weighted by Crippen LogP contribution is 2.27. The largest absolute Gasteiger partial charge is 0.357 e. The van der Waals surface area contributed by atoms with Crippen LogP contribution in [0, 0.1) is 5.92 Å². The summed E-state index contributed by atoms with van der Waals surface area (Å²) in [4.78, 5) is 31.2. The van der Waals surface area contributed by atoms with E-state index < -0.39 is 0 Å². The van der Waals surface area contributed by atoms with E-state index in [2.05, 4.69) is 20.5 Å². The van der Waals surface area contributed by atoms with Gasteiger partial charge in [-0.1, -0.05) is 18.2 Å². The van der Waals surface area contributed by atoms with E-state index in [1.807, 2.05) is 36.4 Å². The normalized spacial score (nSPS) is 18.7. The van der Waals surface area contributed by atoms with Crippen molar-refractivity contribution >= 4 is 29.0 Å². The molecule has 0 aliphatic carbocycles. The molecular weight excluding hydrogens is 340 g/mol. The Labute approximate surface area is 159 Å². The number of amides is 2. The lowest BCUT2D eigenvalue weighted by Gasteiger charge is -2.24. The minimum Gasteiger partial charge on any atom is -0.357 e. The fourth-order valence-corrected chi connectivity index (χ4v) is 3.77. The van der Waals surface area contributed by atoms with Gasteiger partial charge in [-0.2, -0.15) is 0 Å². The molecule has 1 fully saturated rings. The topological polar surface area (TPSA) is 74.3 Å². The van der Waals surface area contributed by atoms with Gasteiger partial charge in [0.1, 0.15) is 5.82 Å². The zero-order valence-electron chi connectivity index (χ0n) is 15.3. The molecule has 2 aliphatic heterocycles. The third-order valence-corrected chi connectivity index (χ3v) is 5.29. The van der Waals surface area contributed by atoms with Crippen LogP contribution in [0.2, 0.25) is 0 Å². The Kier molecular flexibility index (Phi) is 5.05. The molecule has 2 amide bonds. The molecule has 2 aliphatic rings. The fourth-order valence-electron chi connectivity index (χ4n) is 3.77. The molecule has 1 unspecified atom stereocenters. The lowest BCUT2D eigenvalue weighted by molar-refractivity contribution is -0.121. The number of pyridine rings is 1. The van der Waals surface area contributed by atoms with Crippen LogP contribution in [0.3, 0.4) is 0 Å². The lowest BCUT2D eigenvalue weighted by Crippen LogP contribution is -2.30. The number of nitrogens with one attached hydrogen (secondary N) is 2. The number of benzene rings is 1. The van der Waals surface area contributed by atoms with Crippen molar-refractivity contribution in [2.75, 3.05) is 28.6 Å². The monoisotopic (exact) mass is 364 g/mol. The van der Waals surface area contributed by atoms with Gasteiger partial charge in [-0.3, -0.25) is 9.59 Å². The average molecular weight is 364 g/mol. The quantitative estimate of drug-likeness (QED) is 0.854. The number of carbonyl (C=O) groups is 2. The number of carbonyl (C=O) groups excluding carboxylic acids is 2. The van der Waals surface area contributed by atoms with E-state index >= 15 is 0 Å². The van der Waals surface area contributed by atoms with Crippen molar-refractivity contribution in [1.82, 2.24) is 4.98 Å². The van der Waals surface area contributed by atoms with E-state index in [1.165, 1.54) is 12.8 Å². The van der Waals surface area contributed by atoms with Gasteiger partial charge in [0, 0.05) is 31.1 Å². The van der Waals surface area contributed by atoms with E-state index in [1.54, 1.807) is 6.20 Å². The number of hydrogen-bond acceptors (Lipinski definition) is 4. The van der Waals surface area contributed by atoms with Gasteiger partial charge in [-0.15, -0.1) is 0 Å². The van der Waals surface area contributed by atoms with E-state index in [4.69, 9.17) is 0 Å². The van der Waals surface area contributed by atoms with Crippen molar-refractivity contribution in [3.63, 3.8) is 0 Å². The number of aromatic nitrogens is 1. The zero-order valence-corrected chi connectivity index (χ0v) is 15.3. The molecule has 0 bridgehead atoms. The van der Waals surface area contributed by atoms with Crippen LogP contribution in [0.4, 0.5) is 17.2 Å². The van der Waals surface area contributed by atoms with Gasteiger partial charge in [0.2, 0.25) is 11.8 Å². The second-order valence-corrected chi connectivity index (χ2v) is 7.23. The molecule has 1 saturated heterocycles. The SMILES string of the molecule is O=C(CCC1Cc2ccccc2NC1=O)Nc1ccc(N2CCCC2)nc1. The Bertz CT molecular complexity index is 828. The standard InChI is InChI=1S/C21H24N4O2/c26-20(23-17-8-9-19(22-14-17)25-11-3-4-12-25)10-7-16-13-15-5-1-2-6-18(15)24-21(16)27/h1-2,5-6,8-9,14,16H,3-4,7,10-13H2,(H,23,26)(H,24,27). The maximum absolute atomic E-state index is 12.3. The Balaban J connectivity index is 1.29. The van der Waals surface area contributed by atoms with Crippen LogP contribution < -0.4 is 15.5 Å². The summed E-state index contributed by atoms with van der Waals surface area (Å²) < 4.78 is 0. The van der Waals surface area contributed by atoms with Crippen molar-refractivity contribution in [2.45, 2.75) is 32.1 Å². The lowest BCUT2D eigenvalue weighted by atomic mass is 9.89. The van der Waals surface area contributed by atoms with Crippen LogP contribution in [0.25, 0.3) is 0 Å². The van der Waals surface area contributed by atoms with Crippen molar-refractivity contribution < 1.29 is 9.59 Å². The first-order valence-electron chi connectivity index (χ1n) is 9.59. The maximum Gasteiger partial charge on any atom is 0.227 e. The van der Waals surface area contributed by atoms with Gasteiger partial charge in [-0.05, 0) is 49.4 Å². The van der Waals surface area contributed by atoms with Crippen LogP contribution in [-0.4, -0.2) is 29.9 Å². The minimum atomic E-state index is -0.165. The highest BCUT2D eigenvalue weighted by Gasteiger charge is 2.26. The molecule has 2 aromatic rings. The van der Waals surface area contributed by atoms with Gasteiger partial charge in [-0.25, -0.2) is 4.98 Å². The highest BCUT2D eigenvalue weighted by atomic mass is 16.2. The summed E-state index contributed by atoms with van der Waals surface area (Å²) in [7, 11) is 0. The molecule has 2 N–H and O–H groups in total. The zero-order chi connectivity index (χ0) is 18.6. The predicted octanol–water partition coefficient (Wildman–Crippen LogP) is 3.21. The first kappa shape index (κ1) is 17.5. The summed E-state index contributed by atoms with van der Waals surface area (Å²) in [6.45, 7) is 2.09. The molecule has 6 nitrogen and oxygen atoms in total. The number of rotatable bonds is 5. The number of hydrogen-bond donors (Lipinski definition) is 2. The van der Waals surface area contributed by atoms with Crippen LogP contribution in [-0.2, 0) is 16.0 Å². The van der Waals surface area contributed by atoms with Gasteiger partial charge in [0.15, 0.2) is 0 Å². The molecule has 6 heteroatoms. The predicted molar refractivity (Wildman–Crippen MR) is 106 cm³/mol. The number of nitrogens with zero attached hydrogens (tertiary/aromatic N) is 2. The van der Waals surface area contributed by atoms with Crippen molar-refractivity contribution in [1.29, 1.82) is 0 Å². The second-order valence-electron chi connectivity index (χ2n) is 7.23. The van der Waals surface area contributed by atoms with Gasteiger partial charge >= 0.3 is 0 Å². The number of fused-ring (bicyclic) bond motifs is 1. The minimum absolute atomic E-state index is 0.00173. The summed E-state index contributed by atoms with van der Waals surface area (Å²) in [6, 6.07) is 11.7. The molecule has 0 spiro atoms. The van der Waals surface area contributed by atoms with Crippen LogP contribution in [0.15, 0.2) is 42.6 Å². The van der Waals surface area contributed by atoms with Crippen LogP contribution >= 0.6 is 0 Å². The van der Waals surface area contributed by atoms with Crippen LogP contribution in [0.1, 0.15) is 31.2 Å². The van der Waals surface area contributed by atoms with Crippen LogP contribution in [0.5, 0.6) is 0 Å². The third-order valence-electron chi connectivity index (χ3n) is 5.29. The Hall–Kier alpha value is -2.89. The van der Waals surface area contributed by atoms with Crippen molar-refractivity contribution in [3.8, 4) is 0 Å². The summed E-state index contributed by atoms with van der Waals surface area (Å²) in [6.07, 6.45) is 5.65. The molecule has 4 rings (SSSR count). The van der Waals surface area contributed by atoms with E-state index in [9.17, 15) is 9.59 Å². The fraction of sp³-hybridized carbons (Fsp3) is 0.381. The Morgan fingerprint density at radius 1 is 1.19 bits per heavy atom. The molecular formula is C21H24N4O2. The molecule has 1 aromatic carbocycles. The maximum atomic E-state index is 12.3. The molecule has 1 atom stereocenters. The average Bonchev–Trinajstić information content (AvgIpc) is 3.22. The summed E-state index contributed by atoms with van der Waals surface area (Å²) >= 11 is 0. The highest BCUT2D eigenvalue weighted by molar-refractivity contribution is 5.96. The van der Waals surface area contributed by atoms with Gasteiger partial charge in [0.05, 0.1) is 11.9 Å². The Morgan fingerprint density at radius 3 is 2.78 bits per heavy atom. The second kappa shape index (κ2) is 7.78. The van der Waals surface area contributed by atoms with E-state index in [0.29, 0.717) is 24.9 Å². The molecule has 0 saturated carbocycles. The molecule has 140 valence electrons. The molecule has 1 aromatic heterocycles. The summed E-state index contributed by atoms with van der Waals surface area (Å²) in [5.74, 6) is 0.708. The first-order valence-corrected chi connectivity index (χ1v) is 9.59. The van der Waals surface area contributed by atoms with E-state index in [0.717, 1.165) is 30.2 Å². The van der Waals surface area contributed by atoms with Crippen molar-refractivity contribution in [2.24, 2.45) is 5.92 Å². The number of anilines is 3. The molecule has 27 heavy (non-hydrogen) atoms.